The number of nitriles is 2. The van der Waals surface area contributed by atoms with E-state index in [2.05, 4.69) is 13.2 Å². The van der Waals surface area contributed by atoms with Crippen molar-refractivity contribution in [2.75, 3.05) is 0 Å². The van der Waals surface area contributed by atoms with Crippen molar-refractivity contribution >= 4 is 28.2 Å². The van der Waals surface area contributed by atoms with Crippen LogP contribution in [0, 0.1) is 22.7 Å². The molecule has 0 aromatic heterocycles. The van der Waals surface area contributed by atoms with E-state index in [0.717, 1.165) is 0 Å². The topological polar surface area (TPSA) is 90.9 Å². The van der Waals surface area contributed by atoms with E-state index in [0.29, 0.717) is 10.4 Å². The third-order valence-electron chi connectivity index (χ3n) is 4.17. The summed E-state index contributed by atoms with van der Waals surface area (Å²) in [7, 11) is -5.59. The Balaban J connectivity index is 6.12. The molecule has 0 aromatic rings. The predicted octanol–water partition coefficient (Wildman–Crippen LogP) is 4.79. The number of allylic oxidation sites excluding steroid dienone is 10. The Labute approximate surface area is 175 Å². The summed E-state index contributed by atoms with van der Waals surface area (Å²) < 4.78 is 6.49. The summed E-state index contributed by atoms with van der Waals surface area (Å²) in [6, 6.07) is 3.80. The van der Waals surface area contributed by atoms with Crippen LogP contribution in [0.3, 0.4) is 0 Å². The van der Waals surface area contributed by atoms with Gasteiger partial charge in [-0.25, -0.2) is 0 Å². The summed E-state index contributed by atoms with van der Waals surface area (Å²) in [5, 5.41) is 19.4. The summed E-state index contributed by atoms with van der Waals surface area (Å²) in [6.07, 6.45) is 8.87. The summed E-state index contributed by atoms with van der Waals surface area (Å²) in [5.41, 5.74) is -0.0282. The number of rotatable bonds is 10. The van der Waals surface area contributed by atoms with E-state index in [1.54, 1.807) is 26.0 Å². The molecule has 0 saturated carbocycles. The van der Waals surface area contributed by atoms with Gasteiger partial charge in [0, 0.05) is 10.4 Å². The first-order valence-corrected chi connectivity index (χ1v) is 14.9. The van der Waals surface area contributed by atoms with Gasteiger partial charge in [-0.2, -0.15) is 10.5 Å². The molecule has 0 saturated heterocycles. The van der Waals surface area contributed by atoms with Crippen LogP contribution < -0.4 is 0 Å². The quantitative estimate of drug-likeness (QED) is 0.217. The molecule has 0 fully saturated rings. The lowest BCUT2D eigenvalue weighted by Gasteiger charge is -2.36. The maximum Gasteiger partial charge on any atom is 0.209 e. The molecule has 0 radical (unpaired) electrons. The molecule has 0 rings (SSSR count). The molecule has 0 amide bonds. The highest BCUT2D eigenvalue weighted by Gasteiger charge is 2.42. The summed E-state index contributed by atoms with van der Waals surface area (Å²) in [4.78, 5) is 25.7. The first kappa shape index (κ1) is 26.2. The van der Waals surface area contributed by atoms with Crippen LogP contribution in [0.25, 0.3) is 0 Å². The molecule has 0 aliphatic heterocycles. The fraction of sp³-hybridized carbons (Fsp3) is 0.273. The van der Waals surface area contributed by atoms with Gasteiger partial charge in [0.25, 0.3) is 0 Å². The molecule has 152 valence electrons. The van der Waals surface area contributed by atoms with Crippen molar-refractivity contribution in [1.29, 1.82) is 10.5 Å². The zero-order chi connectivity index (χ0) is 22.8. The molecule has 0 spiro atoms. The molecular weight excluding hydrogens is 396 g/mol. The zero-order valence-electron chi connectivity index (χ0n) is 18.0. The lowest BCUT2D eigenvalue weighted by Crippen LogP contribution is -2.50. The number of carbonyl (C=O) groups excluding carboxylic acids is 2. The molecular formula is C22H28N2O3Si2. The van der Waals surface area contributed by atoms with Gasteiger partial charge in [-0.3, -0.25) is 9.59 Å². The molecule has 7 heteroatoms. The van der Waals surface area contributed by atoms with Crippen molar-refractivity contribution in [2.45, 2.75) is 40.0 Å². The van der Waals surface area contributed by atoms with E-state index < -0.39 is 28.2 Å². The summed E-state index contributed by atoms with van der Waals surface area (Å²) in [5.74, 6) is -0.789. The molecule has 0 aromatic carbocycles. The number of carbonyl (C=O) groups is 2. The molecule has 0 heterocycles. The minimum Gasteiger partial charge on any atom is -0.449 e. The fourth-order valence-electron chi connectivity index (χ4n) is 3.11. The second kappa shape index (κ2) is 11.2. The number of nitrogens with zero attached hydrogens (tertiary/aromatic N) is 2. The number of ketones is 2. The Morgan fingerprint density at radius 1 is 0.793 bits per heavy atom. The van der Waals surface area contributed by atoms with E-state index >= 15 is 0 Å². The first-order valence-electron chi connectivity index (χ1n) is 9.06. The molecule has 5 nitrogen and oxygen atoms in total. The Morgan fingerprint density at radius 2 is 1.10 bits per heavy atom. The van der Waals surface area contributed by atoms with Gasteiger partial charge in [0.2, 0.25) is 16.6 Å². The maximum absolute atomic E-state index is 12.9. The van der Waals surface area contributed by atoms with Crippen molar-refractivity contribution in [1.82, 2.24) is 0 Å². The first-order chi connectivity index (χ1) is 13.5. The minimum atomic E-state index is -2.80. The average Bonchev–Trinajstić information content (AvgIpc) is 2.63. The van der Waals surface area contributed by atoms with Gasteiger partial charge in [-0.05, 0) is 52.2 Å². The second-order valence-electron chi connectivity index (χ2n) is 7.04. The van der Waals surface area contributed by atoms with Crippen LogP contribution in [0.1, 0.15) is 13.8 Å². The number of Topliss-reactive ketones (excluding diaryl/α,β-unsaturated/α-hetero) is 2. The van der Waals surface area contributed by atoms with Crippen molar-refractivity contribution in [3.8, 4) is 12.1 Å². The second-order valence-corrected chi connectivity index (χ2v) is 15.0. The number of hydrogen-bond donors (Lipinski definition) is 0. The van der Waals surface area contributed by atoms with Gasteiger partial charge >= 0.3 is 0 Å². The Kier molecular flexibility index (Phi) is 10.1. The van der Waals surface area contributed by atoms with E-state index in [9.17, 15) is 20.1 Å². The molecule has 0 aliphatic rings. The monoisotopic (exact) mass is 424 g/mol. The van der Waals surface area contributed by atoms with Crippen LogP contribution in [-0.2, 0) is 13.7 Å². The van der Waals surface area contributed by atoms with E-state index in [1.165, 1.54) is 24.3 Å². The standard InChI is InChI=1S/C22H28N2O3Si2/c1-9-13-17(15-23)21(25)19(11-3)28(5,6)27-29(7,8)20(12-4)22(26)18(16-24)14-10-2/h9-14H,1-2H2,3-8H3. The van der Waals surface area contributed by atoms with Gasteiger partial charge in [0.05, 0.1) is 11.1 Å². The number of hydrogen-bond acceptors (Lipinski definition) is 5. The van der Waals surface area contributed by atoms with Crippen LogP contribution in [0.5, 0.6) is 0 Å². The van der Waals surface area contributed by atoms with Crippen LogP contribution >= 0.6 is 0 Å². The van der Waals surface area contributed by atoms with Gasteiger partial charge in [0.15, 0.2) is 11.6 Å². The Bertz CT molecular complexity index is 831. The van der Waals surface area contributed by atoms with Crippen molar-refractivity contribution in [3.05, 3.63) is 71.2 Å². The van der Waals surface area contributed by atoms with Crippen LogP contribution in [-0.4, -0.2) is 28.2 Å². The molecule has 0 unspecified atom stereocenters. The molecule has 0 aliphatic carbocycles. The fourth-order valence-corrected chi connectivity index (χ4v) is 11.8. The Hall–Kier alpha value is -2.85. The van der Waals surface area contributed by atoms with Crippen LogP contribution in [0.2, 0.25) is 26.2 Å². The minimum absolute atomic E-state index is 0.0141. The van der Waals surface area contributed by atoms with Gasteiger partial charge in [-0.15, -0.1) is 0 Å². The van der Waals surface area contributed by atoms with Gasteiger partial charge in [0.1, 0.15) is 12.1 Å². The van der Waals surface area contributed by atoms with Gasteiger partial charge < -0.3 is 4.12 Å². The molecule has 0 N–H and O–H groups in total. The van der Waals surface area contributed by atoms with Crippen LogP contribution in [0.4, 0.5) is 0 Å². The average molecular weight is 425 g/mol. The molecule has 0 bridgehead atoms. The lowest BCUT2D eigenvalue weighted by molar-refractivity contribution is -0.112. The smallest absolute Gasteiger partial charge is 0.209 e. The van der Waals surface area contributed by atoms with E-state index in [4.69, 9.17) is 4.12 Å². The summed E-state index contributed by atoms with van der Waals surface area (Å²) in [6.45, 7) is 18.0. The van der Waals surface area contributed by atoms with Crippen molar-refractivity contribution < 1.29 is 13.7 Å². The third-order valence-corrected chi connectivity index (χ3v) is 11.9. The molecule has 0 atom stereocenters. The SMILES string of the molecule is C=CC=C(C#N)C(=O)C(=CC)[Si](C)(C)O[Si](C)(C)C(=CC)C(=O)C(C#N)=CC=C. The normalized spacial score (nSPS) is 13.9. The lowest BCUT2D eigenvalue weighted by atomic mass is 10.1. The van der Waals surface area contributed by atoms with E-state index in [1.807, 2.05) is 38.3 Å². The molecule has 29 heavy (non-hydrogen) atoms. The highest BCUT2D eigenvalue weighted by Crippen LogP contribution is 2.29. The summed E-state index contributed by atoms with van der Waals surface area (Å²) >= 11 is 0. The zero-order valence-corrected chi connectivity index (χ0v) is 20.0. The van der Waals surface area contributed by atoms with Crippen LogP contribution in [0.15, 0.2) is 71.2 Å². The Morgan fingerprint density at radius 3 is 1.31 bits per heavy atom. The van der Waals surface area contributed by atoms with Crippen molar-refractivity contribution in [2.24, 2.45) is 0 Å². The highest BCUT2D eigenvalue weighted by molar-refractivity contribution is 6.95. The third kappa shape index (κ3) is 6.61. The van der Waals surface area contributed by atoms with E-state index in [-0.39, 0.29) is 11.1 Å². The van der Waals surface area contributed by atoms with Crippen molar-refractivity contribution in [3.63, 3.8) is 0 Å². The largest absolute Gasteiger partial charge is 0.449 e. The predicted molar refractivity (Wildman–Crippen MR) is 121 cm³/mol. The highest BCUT2D eigenvalue weighted by atomic mass is 28.4. The van der Waals surface area contributed by atoms with Gasteiger partial charge in [-0.1, -0.05) is 37.5 Å². The maximum atomic E-state index is 12.9.